The molecule has 0 bridgehead atoms. The van der Waals surface area contributed by atoms with Gasteiger partial charge >= 0.3 is 12.0 Å². The highest BCUT2D eigenvalue weighted by molar-refractivity contribution is 5.99. The van der Waals surface area contributed by atoms with Crippen LogP contribution in [0.5, 0.6) is 0 Å². The van der Waals surface area contributed by atoms with E-state index in [-0.39, 0.29) is 17.3 Å². The molecule has 0 aromatic carbocycles. The summed E-state index contributed by atoms with van der Waals surface area (Å²) in [5.74, 6) is -0.600. The summed E-state index contributed by atoms with van der Waals surface area (Å²) in [6.45, 7) is 3.51. The van der Waals surface area contributed by atoms with Crippen LogP contribution >= 0.6 is 0 Å². The van der Waals surface area contributed by atoms with E-state index in [0.29, 0.717) is 19.0 Å². The highest BCUT2D eigenvalue weighted by Crippen LogP contribution is 2.18. The Morgan fingerprint density at radius 2 is 2.32 bits per heavy atom. The molecule has 1 saturated heterocycles. The molecule has 1 aromatic heterocycles. The predicted octanol–water partition coefficient (Wildman–Crippen LogP) is 2.04. The smallest absolute Gasteiger partial charge is 0.337 e. The number of carboxylic acid groups (broad SMARTS) is 1. The summed E-state index contributed by atoms with van der Waals surface area (Å²) in [6, 6.07) is 1.11. The van der Waals surface area contributed by atoms with Gasteiger partial charge in [-0.25, -0.2) is 9.59 Å². The number of hydrogen-bond donors (Lipinski definition) is 2. The van der Waals surface area contributed by atoms with Crippen molar-refractivity contribution in [2.75, 3.05) is 18.4 Å². The molecule has 1 fully saturated rings. The third kappa shape index (κ3) is 3.21. The minimum absolute atomic E-state index is 0.0495. The van der Waals surface area contributed by atoms with Crippen molar-refractivity contribution in [1.82, 2.24) is 9.88 Å². The van der Waals surface area contributed by atoms with E-state index < -0.39 is 5.97 Å². The zero-order valence-corrected chi connectivity index (χ0v) is 10.8. The van der Waals surface area contributed by atoms with Gasteiger partial charge < -0.3 is 15.3 Å². The van der Waals surface area contributed by atoms with Crippen molar-refractivity contribution in [3.05, 3.63) is 24.0 Å². The van der Waals surface area contributed by atoms with Gasteiger partial charge in [0, 0.05) is 19.3 Å². The van der Waals surface area contributed by atoms with Gasteiger partial charge in [0.05, 0.1) is 17.4 Å². The van der Waals surface area contributed by atoms with Crippen LogP contribution in [-0.2, 0) is 0 Å². The molecule has 1 aliphatic heterocycles. The third-order valence-corrected chi connectivity index (χ3v) is 3.24. The summed E-state index contributed by atoms with van der Waals surface area (Å²) in [7, 11) is 0. The highest BCUT2D eigenvalue weighted by atomic mass is 16.4. The molecule has 2 amide bonds. The number of aromatic nitrogens is 1. The Morgan fingerprint density at radius 3 is 3.00 bits per heavy atom. The number of pyridine rings is 1. The van der Waals surface area contributed by atoms with Gasteiger partial charge in [-0.2, -0.15) is 0 Å². The van der Waals surface area contributed by atoms with Crippen LogP contribution in [0.15, 0.2) is 18.5 Å². The molecule has 1 aliphatic rings. The van der Waals surface area contributed by atoms with E-state index in [1.54, 1.807) is 4.90 Å². The monoisotopic (exact) mass is 263 g/mol. The minimum Gasteiger partial charge on any atom is -0.478 e. The molecule has 0 radical (unpaired) electrons. The van der Waals surface area contributed by atoms with Gasteiger partial charge in [-0.15, -0.1) is 0 Å². The fourth-order valence-electron chi connectivity index (χ4n) is 2.25. The van der Waals surface area contributed by atoms with E-state index in [1.807, 2.05) is 0 Å². The Kier molecular flexibility index (Phi) is 3.99. The standard InChI is InChI=1S/C13H17N3O3/c1-9-3-2-6-16(8-9)13(19)15-11-7-14-5-4-10(11)12(17)18/h4-5,7,9H,2-3,6,8H2,1H3,(H,15,19)(H,17,18). The minimum atomic E-state index is -1.08. The number of carbonyl (C=O) groups is 2. The van der Waals surface area contributed by atoms with Crippen LogP contribution in [0.25, 0.3) is 0 Å². The van der Waals surface area contributed by atoms with Crippen molar-refractivity contribution >= 4 is 17.7 Å². The van der Waals surface area contributed by atoms with Gasteiger partial charge in [0.15, 0.2) is 0 Å². The van der Waals surface area contributed by atoms with Gasteiger partial charge in [-0.1, -0.05) is 6.92 Å². The molecule has 1 aromatic rings. The fraction of sp³-hybridized carbons (Fsp3) is 0.462. The lowest BCUT2D eigenvalue weighted by Crippen LogP contribution is -2.41. The van der Waals surface area contributed by atoms with Gasteiger partial charge in [0.25, 0.3) is 0 Å². The largest absolute Gasteiger partial charge is 0.478 e. The van der Waals surface area contributed by atoms with E-state index >= 15 is 0 Å². The van der Waals surface area contributed by atoms with Gasteiger partial charge in [0.1, 0.15) is 0 Å². The Labute approximate surface area is 111 Å². The maximum absolute atomic E-state index is 12.1. The molecule has 6 nitrogen and oxygen atoms in total. The third-order valence-electron chi connectivity index (χ3n) is 3.24. The molecule has 102 valence electrons. The lowest BCUT2D eigenvalue weighted by molar-refractivity contribution is 0.0698. The quantitative estimate of drug-likeness (QED) is 0.855. The highest BCUT2D eigenvalue weighted by Gasteiger charge is 2.22. The van der Waals surface area contributed by atoms with Crippen LogP contribution in [0.2, 0.25) is 0 Å². The molecule has 2 heterocycles. The van der Waals surface area contributed by atoms with Crippen molar-refractivity contribution in [3.8, 4) is 0 Å². The molecule has 2 N–H and O–H groups in total. The van der Waals surface area contributed by atoms with Crippen molar-refractivity contribution in [2.45, 2.75) is 19.8 Å². The zero-order chi connectivity index (χ0) is 13.8. The summed E-state index contributed by atoms with van der Waals surface area (Å²) < 4.78 is 0. The number of hydrogen-bond acceptors (Lipinski definition) is 3. The topological polar surface area (TPSA) is 82.5 Å². The lowest BCUT2D eigenvalue weighted by atomic mass is 10.0. The first-order valence-electron chi connectivity index (χ1n) is 6.31. The normalized spacial score (nSPS) is 19.0. The van der Waals surface area contributed by atoms with E-state index in [9.17, 15) is 9.59 Å². The molecule has 6 heteroatoms. The molecule has 0 saturated carbocycles. The van der Waals surface area contributed by atoms with Crippen LogP contribution in [0, 0.1) is 5.92 Å². The number of likely N-dealkylation sites (tertiary alicyclic amines) is 1. The average molecular weight is 263 g/mol. The molecule has 19 heavy (non-hydrogen) atoms. The molecule has 0 aliphatic carbocycles. The van der Waals surface area contributed by atoms with Crippen LogP contribution in [0.4, 0.5) is 10.5 Å². The van der Waals surface area contributed by atoms with Crippen molar-refractivity contribution in [2.24, 2.45) is 5.92 Å². The van der Waals surface area contributed by atoms with Crippen LogP contribution in [-0.4, -0.2) is 40.1 Å². The van der Waals surface area contributed by atoms with Crippen LogP contribution in [0.3, 0.4) is 0 Å². The molecular formula is C13H17N3O3. The number of rotatable bonds is 2. The van der Waals surface area contributed by atoms with E-state index in [0.717, 1.165) is 12.8 Å². The number of nitrogens with one attached hydrogen (secondary N) is 1. The summed E-state index contributed by atoms with van der Waals surface area (Å²) in [4.78, 5) is 28.7. The van der Waals surface area contributed by atoms with Gasteiger partial charge in [-0.05, 0) is 24.8 Å². The second-order valence-corrected chi connectivity index (χ2v) is 4.85. The summed E-state index contributed by atoms with van der Waals surface area (Å²) in [5.41, 5.74) is 0.284. The molecule has 2 rings (SSSR count). The first-order chi connectivity index (χ1) is 9.08. The summed E-state index contributed by atoms with van der Waals surface area (Å²) in [5, 5.41) is 11.7. The number of carbonyl (C=O) groups excluding carboxylic acids is 1. The summed E-state index contributed by atoms with van der Waals surface area (Å²) >= 11 is 0. The van der Waals surface area contributed by atoms with Gasteiger partial charge in [0.2, 0.25) is 0 Å². The fourth-order valence-corrected chi connectivity index (χ4v) is 2.25. The van der Waals surface area contributed by atoms with Crippen molar-refractivity contribution < 1.29 is 14.7 Å². The summed E-state index contributed by atoms with van der Waals surface area (Å²) in [6.07, 6.45) is 4.85. The van der Waals surface area contributed by atoms with E-state index in [1.165, 1.54) is 18.5 Å². The average Bonchev–Trinajstić information content (AvgIpc) is 2.39. The Bertz CT molecular complexity index is 490. The number of aromatic carboxylic acids is 1. The van der Waals surface area contributed by atoms with Crippen molar-refractivity contribution in [1.29, 1.82) is 0 Å². The molecule has 1 atom stereocenters. The SMILES string of the molecule is CC1CCCN(C(=O)Nc2cnccc2C(=O)O)C1. The first-order valence-corrected chi connectivity index (χ1v) is 6.31. The maximum atomic E-state index is 12.1. The van der Waals surface area contributed by atoms with Crippen molar-refractivity contribution in [3.63, 3.8) is 0 Å². The second-order valence-electron chi connectivity index (χ2n) is 4.85. The first kappa shape index (κ1) is 13.3. The lowest BCUT2D eigenvalue weighted by Gasteiger charge is -2.31. The number of nitrogens with zero attached hydrogens (tertiary/aromatic N) is 2. The molecule has 0 spiro atoms. The number of urea groups is 1. The van der Waals surface area contributed by atoms with E-state index in [4.69, 9.17) is 5.11 Å². The second kappa shape index (κ2) is 5.69. The molecular weight excluding hydrogens is 246 g/mol. The Morgan fingerprint density at radius 1 is 1.53 bits per heavy atom. The number of anilines is 1. The van der Waals surface area contributed by atoms with Gasteiger partial charge in [-0.3, -0.25) is 4.98 Å². The molecule has 1 unspecified atom stereocenters. The Hall–Kier alpha value is -2.11. The Balaban J connectivity index is 2.08. The predicted molar refractivity (Wildman–Crippen MR) is 70.2 cm³/mol. The number of amides is 2. The number of carboxylic acids is 1. The maximum Gasteiger partial charge on any atom is 0.337 e. The van der Waals surface area contributed by atoms with E-state index in [2.05, 4.69) is 17.2 Å². The van der Waals surface area contributed by atoms with Crippen LogP contribution < -0.4 is 5.32 Å². The number of piperidine rings is 1. The zero-order valence-electron chi connectivity index (χ0n) is 10.8. The van der Waals surface area contributed by atoms with Crippen LogP contribution in [0.1, 0.15) is 30.1 Å².